The average molecular weight is 348 g/mol. The van der Waals surface area contributed by atoms with Crippen molar-refractivity contribution in [1.29, 1.82) is 0 Å². The zero-order chi connectivity index (χ0) is 18.0. The van der Waals surface area contributed by atoms with Gasteiger partial charge in [-0.3, -0.25) is 4.79 Å². The number of hydrogen-bond donors (Lipinski definition) is 1. The van der Waals surface area contributed by atoms with Crippen LogP contribution in [0.5, 0.6) is 0 Å². The van der Waals surface area contributed by atoms with E-state index in [0.717, 1.165) is 12.8 Å². The summed E-state index contributed by atoms with van der Waals surface area (Å²) in [6, 6.07) is 0. The summed E-state index contributed by atoms with van der Waals surface area (Å²) in [6.07, 6.45) is 26.7. The number of nitrogens with one attached hydrogen (secondary N) is 1. The Hall–Kier alpha value is -1.51. The van der Waals surface area contributed by atoms with Crippen LogP contribution >= 0.6 is 0 Å². The van der Waals surface area contributed by atoms with Crippen molar-refractivity contribution >= 4 is 5.97 Å². The Labute approximate surface area is 154 Å². The van der Waals surface area contributed by atoms with Crippen molar-refractivity contribution in [2.45, 2.75) is 96.8 Å². The van der Waals surface area contributed by atoms with Gasteiger partial charge in [0.05, 0.1) is 0 Å². The molecule has 1 rings (SSSR count). The standard InChI is InChI=1S/C22H37NO2/c1-2-3-4-5-6-7-8-9-10-11-12-13-16-19-22(24)25-21-18-15-14-17-20-23-21/h14-15,17-18,20,23H,2-13,16,19H2,1H3. The van der Waals surface area contributed by atoms with Gasteiger partial charge in [0, 0.05) is 12.6 Å². The van der Waals surface area contributed by atoms with Crippen LogP contribution in [0.3, 0.4) is 0 Å². The van der Waals surface area contributed by atoms with Gasteiger partial charge in [0.1, 0.15) is 0 Å². The molecule has 0 spiro atoms. The van der Waals surface area contributed by atoms with Crippen LogP contribution in [0.1, 0.15) is 96.8 Å². The molecule has 3 nitrogen and oxygen atoms in total. The van der Waals surface area contributed by atoms with Gasteiger partial charge < -0.3 is 10.1 Å². The van der Waals surface area contributed by atoms with Gasteiger partial charge in [-0.1, -0.05) is 96.1 Å². The second-order valence-corrected chi connectivity index (χ2v) is 6.89. The number of ether oxygens (including phenoxy) is 1. The number of allylic oxidation sites excluding steroid dienone is 4. The maximum atomic E-state index is 11.8. The third-order valence-electron chi connectivity index (χ3n) is 4.50. The van der Waals surface area contributed by atoms with Crippen LogP contribution in [0, 0.1) is 0 Å². The Bertz CT molecular complexity index is 424. The summed E-state index contributed by atoms with van der Waals surface area (Å²) >= 11 is 0. The fraction of sp³-hybridized carbons (Fsp3) is 0.682. The van der Waals surface area contributed by atoms with Crippen molar-refractivity contribution in [1.82, 2.24) is 5.32 Å². The molecule has 0 radical (unpaired) electrons. The fourth-order valence-electron chi connectivity index (χ4n) is 2.97. The van der Waals surface area contributed by atoms with Crippen molar-refractivity contribution < 1.29 is 9.53 Å². The molecule has 1 N–H and O–H groups in total. The molecular formula is C22H37NO2. The quantitative estimate of drug-likeness (QED) is 0.270. The van der Waals surface area contributed by atoms with Crippen molar-refractivity contribution in [3.8, 4) is 0 Å². The van der Waals surface area contributed by atoms with Gasteiger partial charge >= 0.3 is 5.97 Å². The van der Waals surface area contributed by atoms with Crippen LogP contribution in [-0.2, 0) is 9.53 Å². The van der Waals surface area contributed by atoms with Crippen LogP contribution in [0.2, 0.25) is 0 Å². The minimum absolute atomic E-state index is 0.148. The SMILES string of the molecule is CCCCCCCCCCCCCCCC(=O)OC1=CC=CC=CN1. The molecule has 0 aromatic rings. The molecule has 0 aliphatic carbocycles. The van der Waals surface area contributed by atoms with Gasteiger partial charge in [-0.25, -0.2) is 0 Å². The van der Waals surface area contributed by atoms with Gasteiger partial charge in [0.25, 0.3) is 0 Å². The zero-order valence-corrected chi connectivity index (χ0v) is 16.1. The summed E-state index contributed by atoms with van der Waals surface area (Å²) in [5.41, 5.74) is 0. The van der Waals surface area contributed by atoms with Crippen molar-refractivity contribution in [3.05, 3.63) is 36.4 Å². The van der Waals surface area contributed by atoms with Gasteiger partial charge in [-0.05, 0) is 18.6 Å². The number of unbranched alkanes of at least 4 members (excludes halogenated alkanes) is 12. The third-order valence-corrected chi connectivity index (χ3v) is 4.50. The van der Waals surface area contributed by atoms with E-state index in [4.69, 9.17) is 4.74 Å². The van der Waals surface area contributed by atoms with E-state index >= 15 is 0 Å². The molecule has 0 unspecified atom stereocenters. The van der Waals surface area contributed by atoms with E-state index in [-0.39, 0.29) is 5.97 Å². The van der Waals surface area contributed by atoms with Crippen molar-refractivity contribution in [3.63, 3.8) is 0 Å². The highest BCUT2D eigenvalue weighted by Crippen LogP contribution is 2.13. The lowest BCUT2D eigenvalue weighted by atomic mass is 10.0. The van der Waals surface area contributed by atoms with Gasteiger partial charge in [0.2, 0.25) is 5.88 Å². The second-order valence-electron chi connectivity index (χ2n) is 6.89. The smallest absolute Gasteiger partial charge is 0.312 e. The van der Waals surface area contributed by atoms with Gasteiger partial charge in [0.15, 0.2) is 0 Å². The van der Waals surface area contributed by atoms with E-state index in [1.807, 2.05) is 18.2 Å². The molecule has 0 aromatic carbocycles. The summed E-state index contributed by atoms with van der Waals surface area (Å²) in [6.45, 7) is 2.27. The van der Waals surface area contributed by atoms with Crippen LogP contribution in [0.25, 0.3) is 0 Å². The second kappa shape index (κ2) is 16.0. The van der Waals surface area contributed by atoms with Gasteiger partial charge in [-0.15, -0.1) is 0 Å². The summed E-state index contributed by atoms with van der Waals surface area (Å²) < 4.78 is 5.29. The first-order valence-corrected chi connectivity index (χ1v) is 10.3. The number of esters is 1. The molecule has 0 aromatic heterocycles. The maximum absolute atomic E-state index is 11.8. The highest BCUT2D eigenvalue weighted by Gasteiger charge is 2.06. The number of carbonyl (C=O) groups is 1. The van der Waals surface area contributed by atoms with Crippen LogP contribution in [0.15, 0.2) is 36.4 Å². The third kappa shape index (κ3) is 13.5. The summed E-state index contributed by atoms with van der Waals surface area (Å²) in [5.74, 6) is 0.357. The normalized spacial score (nSPS) is 13.2. The molecule has 0 bridgehead atoms. The number of rotatable bonds is 15. The predicted molar refractivity (Wildman–Crippen MR) is 106 cm³/mol. The predicted octanol–water partition coefficient (Wildman–Crippen LogP) is 6.53. The molecular weight excluding hydrogens is 310 g/mol. The first-order valence-electron chi connectivity index (χ1n) is 10.3. The van der Waals surface area contributed by atoms with E-state index in [1.165, 1.54) is 70.6 Å². The largest absolute Gasteiger partial charge is 0.410 e. The Morgan fingerprint density at radius 2 is 1.36 bits per heavy atom. The summed E-state index contributed by atoms with van der Waals surface area (Å²) in [5, 5.41) is 2.94. The number of hydrogen-bond acceptors (Lipinski definition) is 3. The Balaban J connectivity index is 1.84. The molecule has 0 atom stereocenters. The van der Waals surface area contributed by atoms with Crippen molar-refractivity contribution in [2.24, 2.45) is 0 Å². The summed E-state index contributed by atoms with van der Waals surface area (Å²) in [7, 11) is 0. The lowest BCUT2D eigenvalue weighted by molar-refractivity contribution is -0.140. The Morgan fingerprint density at radius 1 is 0.800 bits per heavy atom. The first-order chi connectivity index (χ1) is 12.3. The van der Waals surface area contributed by atoms with Crippen LogP contribution in [0.4, 0.5) is 0 Å². The molecule has 3 heteroatoms. The maximum Gasteiger partial charge on any atom is 0.312 e. The van der Waals surface area contributed by atoms with E-state index in [0.29, 0.717) is 12.3 Å². The summed E-state index contributed by atoms with van der Waals surface area (Å²) in [4.78, 5) is 11.8. The average Bonchev–Trinajstić information content (AvgIpc) is 2.87. The molecule has 1 aliphatic heterocycles. The molecule has 1 aliphatic rings. The molecule has 0 fully saturated rings. The molecule has 142 valence electrons. The minimum atomic E-state index is -0.148. The van der Waals surface area contributed by atoms with E-state index in [1.54, 1.807) is 12.3 Å². The topological polar surface area (TPSA) is 38.3 Å². The molecule has 0 amide bonds. The lowest BCUT2D eigenvalue weighted by Gasteiger charge is -2.07. The van der Waals surface area contributed by atoms with Crippen molar-refractivity contribution in [2.75, 3.05) is 0 Å². The van der Waals surface area contributed by atoms with Crippen LogP contribution < -0.4 is 5.32 Å². The molecule has 1 heterocycles. The number of carbonyl (C=O) groups excluding carboxylic acids is 1. The molecule has 0 saturated carbocycles. The first kappa shape index (κ1) is 21.5. The van der Waals surface area contributed by atoms with E-state index in [2.05, 4.69) is 12.2 Å². The van der Waals surface area contributed by atoms with E-state index < -0.39 is 0 Å². The Morgan fingerprint density at radius 3 is 1.96 bits per heavy atom. The van der Waals surface area contributed by atoms with Gasteiger partial charge in [-0.2, -0.15) is 0 Å². The fourth-order valence-corrected chi connectivity index (χ4v) is 2.97. The zero-order valence-electron chi connectivity index (χ0n) is 16.1. The highest BCUT2D eigenvalue weighted by atomic mass is 16.5. The van der Waals surface area contributed by atoms with Crippen LogP contribution in [-0.4, -0.2) is 5.97 Å². The minimum Gasteiger partial charge on any atom is -0.410 e. The molecule has 25 heavy (non-hydrogen) atoms. The van der Waals surface area contributed by atoms with E-state index in [9.17, 15) is 4.79 Å². The monoisotopic (exact) mass is 347 g/mol. The Kier molecular flexibility index (Phi) is 13.8. The molecule has 0 saturated heterocycles. The lowest BCUT2D eigenvalue weighted by Crippen LogP contribution is -2.13. The highest BCUT2D eigenvalue weighted by molar-refractivity contribution is 5.70.